The van der Waals surface area contributed by atoms with E-state index in [-0.39, 0.29) is 17.8 Å². The van der Waals surface area contributed by atoms with Crippen molar-refractivity contribution in [3.05, 3.63) is 35.9 Å². The lowest BCUT2D eigenvalue weighted by atomic mass is 9.70. The fourth-order valence-electron chi connectivity index (χ4n) is 5.57. The van der Waals surface area contributed by atoms with E-state index in [0.29, 0.717) is 17.4 Å². The van der Waals surface area contributed by atoms with Gasteiger partial charge in [0.15, 0.2) is 6.29 Å². The van der Waals surface area contributed by atoms with Crippen LogP contribution >= 0.6 is 0 Å². The van der Waals surface area contributed by atoms with Gasteiger partial charge in [0, 0.05) is 6.42 Å². The standard InChI is InChI=1S/C21H26O2/c1-5-17(14-9-7-6-8-10-14)22-18-13-15-16-11-12-21(4,19(15)23-18)20(16,2)3/h1,6-10,15-19H,11-13H2,2-4H3/t15-,16+,17+,18-,19-,21-/m0/s1. The second-order valence-corrected chi connectivity index (χ2v) is 8.26. The van der Waals surface area contributed by atoms with E-state index in [1.807, 2.05) is 30.3 Å². The fraction of sp³-hybridized carbons (Fsp3) is 0.619. The smallest absolute Gasteiger partial charge is 0.160 e. The van der Waals surface area contributed by atoms with Crippen LogP contribution < -0.4 is 0 Å². The zero-order chi connectivity index (χ0) is 16.2. The van der Waals surface area contributed by atoms with Crippen LogP contribution in [0.15, 0.2) is 30.3 Å². The minimum atomic E-state index is -0.321. The third kappa shape index (κ3) is 2.03. The molecule has 3 fully saturated rings. The molecule has 1 saturated heterocycles. The largest absolute Gasteiger partial charge is 0.348 e. The number of benzene rings is 1. The number of hydrogen-bond acceptors (Lipinski definition) is 2. The Morgan fingerprint density at radius 1 is 1.26 bits per heavy atom. The van der Waals surface area contributed by atoms with Gasteiger partial charge in [-0.15, -0.1) is 6.42 Å². The number of ether oxygens (including phenoxy) is 2. The van der Waals surface area contributed by atoms with Gasteiger partial charge in [0.1, 0.15) is 6.10 Å². The summed E-state index contributed by atoms with van der Waals surface area (Å²) in [5.74, 6) is 4.16. The molecule has 2 aliphatic carbocycles. The van der Waals surface area contributed by atoms with E-state index in [4.69, 9.17) is 15.9 Å². The van der Waals surface area contributed by atoms with Crippen molar-refractivity contribution in [1.82, 2.24) is 0 Å². The average Bonchev–Trinajstić information content (AvgIpc) is 3.11. The molecule has 3 aliphatic rings. The van der Waals surface area contributed by atoms with Gasteiger partial charge < -0.3 is 9.47 Å². The molecule has 2 heteroatoms. The van der Waals surface area contributed by atoms with Crippen molar-refractivity contribution in [1.29, 1.82) is 0 Å². The Bertz CT molecular complexity index is 629. The Morgan fingerprint density at radius 2 is 2.00 bits per heavy atom. The van der Waals surface area contributed by atoms with Crippen molar-refractivity contribution < 1.29 is 9.47 Å². The van der Waals surface area contributed by atoms with Crippen LogP contribution in [0.3, 0.4) is 0 Å². The lowest BCUT2D eigenvalue weighted by Gasteiger charge is -2.38. The summed E-state index contributed by atoms with van der Waals surface area (Å²) in [6.45, 7) is 7.27. The Kier molecular flexibility index (Phi) is 3.38. The zero-order valence-electron chi connectivity index (χ0n) is 14.3. The minimum Gasteiger partial charge on any atom is -0.348 e. The highest BCUT2D eigenvalue weighted by atomic mass is 16.7. The van der Waals surface area contributed by atoms with Crippen molar-refractivity contribution in [3.8, 4) is 12.3 Å². The summed E-state index contributed by atoms with van der Waals surface area (Å²) in [5.41, 5.74) is 1.68. The van der Waals surface area contributed by atoms with Gasteiger partial charge in [0.05, 0.1) is 6.10 Å². The minimum absolute atomic E-state index is 0.165. The summed E-state index contributed by atoms with van der Waals surface area (Å²) < 4.78 is 12.6. The molecule has 0 unspecified atom stereocenters. The maximum absolute atomic E-state index is 6.39. The molecule has 122 valence electrons. The van der Waals surface area contributed by atoms with Crippen LogP contribution in [0, 0.1) is 35.0 Å². The van der Waals surface area contributed by atoms with Gasteiger partial charge in [-0.25, -0.2) is 0 Å². The van der Waals surface area contributed by atoms with Crippen LogP contribution in [0.4, 0.5) is 0 Å². The highest BCUT2D eigenvalue weighted by Gasteiger charge is 2.69. The van der Waals surface area contributed by atoms with Crippen molar-refractivity contribution in [3.63, 3.8) is 0 Å². The molecule has 6 atom stereocenters. The second kappa shape index (κ2) is 5.10. The molecule has 1 aliphatic heterocycles. The second-order valence-electron chi connectivity index (χ2n) is 8.26. The van der Waals surface area contributed by atoms with E-state index < -0.39 is 0 Å². The number of hydrogen-bond donors (Lipinski definition) is 0. The topological polar surface area (TPSA) is 18.5 Å². The molecule has 23 heavy (non-hydrogen) atoms. The first kappa shape index (κ1) is 15.2. The molecular formula is C21H26O2. The SMILES string of the molecule is C#C[C@@H](O[C@@H]1C[C@H]2[C@H]3CC[C@@](C)([C@H]2O1)C3(C)C)c1ccccc1. The molecule has 0 amide bonds. The predicted octanol–water partition coefficient (Wildman–Crippen LogP) is 4.56. The van der Waals surface area contributed by atoms with Crippen molar-refractivity contribution >= 4 is 0 Å². The van der Waals surface area contributed by atoms with Gasteiger partial charge in [0.2, 0.25) is 0 Å². The summed E-state index contributed by atoms with van der Waals surface area (Å²) in [6, 6.07) is 10.0. The van der Waals surface area contributed by atoms with E-state index >= 15 is 0 Å². The Balaban J connectivity index is 1.50. The first-order chi connectivity index (χ1) is 11.0. The van der Waals surface area contributed by atoms with E-state index in [0.717, 1.165) is 17.9 Å². The molecule has 1 aromatic carbocycles. The summed E-state index contributed by atoms with van der Waals surface area (Å²) in [6.07, 6.45) is 9.14. The lowest BCUT2D eigenvalue weighted by Crippen LogP contribution is -2.38. The molecule has 0 spiro atoms. The van der Waals surface area contributed by atoms with E-state index in [1.165, 1.54) is 12.8 Å². The maximum atomic E-state index is 6.39. The molecular weight excluding hydrogens is 284 g/mol. The lowest BCUT2D eigenvalue weighted by molar-refractivity contribution is -0.177. The molecule has 0 radical (unpaired) electrons. The van der Waals surface area contributed by atoms with Crippen molar-refractivity contribution in [2.45, 2.75) is 58.5 Å². The summed E-state index contributed by atoms with van der Waals surface area (Å²) in [7, 11) is 0. The van der Waals surface area contributed by atoms with Gasteiger partial charge >= 0.3 is 0 Å². The highest BCUT2D eigenvalue weighted by molar-refractivity contribution is 5.24. The summed E-state index contributed by atoms with van der Waals surface area (Å²) in [4.78, 5) is 0. The Hall–Kier alpha value is -1.30. The van der Waals surface area contributed by atoms with Crippen LogP contribution in [-0.4, -0.2) is 12.4 Å². The molecule has 1 aromatic rings. The van der Waals surface area contributed by atoms with E-state index in [2.05, 4.69) is 26.7 Å². The van der Waals surface area contributed by atoms with Crippen LogP contribution in [0.5, 0.6) is 0 Å². The molecule has 2 nitrogen and oxygen atoms in total. The fourth-order valence-corrected chi connectivity index (χ4v) is 5.57. The van der Waals surface area contributed by atoms with Crippen molar-refractivity contribution in [2.24, 2.45) is 22.7 Å². The van der Waals surface area contributed by atoms with Gasteiger partial charge in [-0.05, 0) is 41.1 Å². The number of terminal acetylenes is 1. The van der Waals surface area contributed by atoms with Gasteiger partial charge in [0.25, 0.3) is 0 Å². The molecule has 2 bridgehead atoms. The van der Waals surface area contributed by atoms with Gasteiger partial charge in [-0.3, -0.25) is 0 Å². The third-order valence-corrected chi connectivity index (χ3v) is 7.21. The average molecular weight is 310 g/mol. The molecule has 4 rings (SSSR count). The molecule has 0 aromatic heterocycles. The zero-order valence-corrected chi connectivity index (χ0v) is 14.3. The highest BCUT2D eigenvalue weighted by Crippen LogP contribution is 2.71. The van der Waals surface area contributed by atoms with Crippen LogP contribution in [0.2, 0.25) is 0 Å². The first-order valence-corrected chi connectivity index (χ1v) is 8.79. The Labute approximate surface area is 139 Å². The molecule has 2 saturated carbocycles. The van der Waals surface area contributed by atoms with Crippen LogP contribution in [0.1, 0.15) is 51.7 Å². The molecule has 1 heterocycles. The normalized spacial score (nSPS) is 41.5. The van der Waals surface area contributed by atoms with Gasteiger partial charge in [-0.1, -0.05) is 57.0 Å². The monoisotopic (exact) mass is 310 g/mol. The van der Waals surface area contributed by atoms with Gasteiger partial charge in [-0.2, -0.15) is 0 Å². The van der Waals surface area contributed by atoms with E-state index in [9.17, 15) is 0 Å². The summed E-state index contributed by atoms with van der Waals surface area (Å²) in [5, 5.41) is 0. The quantitative estimate of drug-likeness (QED) is 0.762. The van der Waals surface area contributed by atoms with Crippen molar-refractivity contribution in [2.75, 3.05) is 0 Å². The summed E-state index contributed by atoms with van der Waals surface area (Å²) >= 11 is 0. The number of fused-ring (bicyclic) bond motifs is 5. The molecule has 0 N–H and O–H groups in total. The number of rotatable bonds is 3. The Morgan fingerprint density at radius 3 is 2.65 bits per heavy atom. The van der Waals surface area contributed by atoms with E-state index in [1.54, 1.807) is 0 Å². The first-order valence-electron chi connectivity index (χ1n) is 8.79. The maximum Gasteiger partial charge on any atom is 0.160 e. The predicted molar refractivity (Wildman–Crippen MR) is 90.5 cm³/mol. The van der Waals surface area contributed by atoms with Crippen LogP contribution in [-0.2, 0) is 9.47 Å². The van der Waals surface area contributed by atoms with Crippen LogP contribution in [0.25, 0.3) is 0 Å². The third-order valence-electron chi connectivity index (χ3n) is 7.21.